The fourth-order valence-corrected chi connectivity index (χ4v) is 13.7. The molecule has 0 aromatic heterocycles. The van der Waals surface area contributed by atoms with Crippen LogP contribution >= 0.6 is 0 Å². The molecule has 0 radical (unpaired) electrons. The average Bonchev–Trinajstić information content (AvgIpc) is 3.51. The van der Waals surface area contributed by atoms with Crippen LogP contribution in [0, 0.1) is 0 Å². The molecule has 7 rings (SSSR count). The molecule has 2 aromatic carbocycles. The fourth-order valence-electron chi connectivity index (χ4n) is 8.04. The zero-order valence-electron chi connectivity index (χ0n) is 25.7. The lowest BCUT2D eigenvalue weighted by Crippen LogP contribution is -2.55. The third kappa shape index (κ3) is 5.51. The van der Waals surface area contributed by atoms with Crippen molar-refractivity contribution in [1.29, 1.82) is 0 Å². The van der Waals surface area contributed by atoms with Crippen molar-refractivity contribution >= 4 is 42.2 Å². The van der Waals surface area contributed by atoms with Gasteiger partial charge in [0, 0.05) is 44.0 Å². The van der Waals surface area contributed by atoms with Gasteiger partial charge >= 0.3 is 11.9 Å². The molecule has 0 atom stereocenters. The molecule has 234 valence electrons. The van der Waals surface area contributed by atoms with Gasteiger partial charge in [0.2, 0.25) is 0 Å². The van der Waals surface area contributed by atoms with E-state index in [1.807, 2.05) is 0 Å². The van der Waals surface area contributed by atoms with Gasteiger partial charge in [-0.2, -0.15) is 0 Å². The van der Waals surface area contributed by atoms with Gasteiger partial charge in [0.25, 0.3) is 0 Å². The van der Waals surface area contributed by atoms with Crippen LogP contribution in [0.1, 0.15) is 63.9 Å². The maximum atomic E-state index is 12.7. The predicted octanol–water partition coefficient (Wildman–Crippen LogP) is 4.87. The molecule has 8 nitrogen and oxygen atoms in total. The molecule has 3 saturated heterocycles. The van der Waals surface area contributed by atoms with Crippen molar-refractivity contribution in [3.63, 3.8) is 0 Å². The molecule has 0 saturated carbocycles. The number of fused-ring (bicyclic) bond motifs is 4. The molecule has 1 aliphatic carbocycles. The number of nitrogens with zero attached hydrogens (tertiary/aromatic N) is 2. The van der Waals surface area contributed by atoms with Crippen LogP contribution in [-0.4, -0.2) is 93.1 Å². The summed E-state index contributed by atoms with van der Waals surface area (Å²) in [6, 6.07) is 13.5. The van der Waals surface area contributed by atoms with E-state index < -0.39 is 20.0 Å². The summed E-state index contributed by atoms with van der Waals surface area (Å²) >= 11 is 0. The van der Waals surface area contributed by atoms with Crippen LogP contribution in [0.2, 0.25) is 12.1 Å². The molecular weight excluding hydrogens is 584 g/mol. The third-order valence-electron chi connectivity index (χ3n) is 10.2. The molecule has 9 heteroatoms. The summed E-state index contributed by atoms with van der Waals surface area (Å²) in [7, 11) is -2.28. The number of carbonyl (C=O) groups is 2. The van der Waals surface area contributed by atoms with Crippen molar-refractivity contribution in [3.8, 4) is 0 Å². The Morgan fingerprint density at radius 3 is 2.42 bits per heavy atom. The van der Waals surface area contributed by atoms with Gasteiger partial charge in [0.05, 0.1) is 24.3 Å². The zero-order chi connectivity index (χ0) is 31.0. The summed E-state index contributed by atoms with van der Waals surface area (Å²) in [6.45, 7) is 6.49. The Labute approximate surface area is 265 Å². The smallest absolute Gasteiger partial charge is 0.336 e. The minimum atomic E-state index is -2.28. The van der Waals surface area contributed by atoms with Crippen LogP contribution in [0.3, 0.4) is 0 Å². The molecule has 5 aliphatic rings. The van der Waals surface area contributed by atoms with E-state index in [2.05, 4.69) is 45.9 Å². The molecule has 45 heavy (non-hydrogen) atoms. The molecule has 4 aliphatic heterocycles. The number of allylic oxidation sites excluding steroid dienone is 5. The highest BCUT2D eigenvalue weighted by molar-refractivity contribution is 7.00. The monoisotopic (exact) mass is 625 g/mol. The SMILES string of the molecule is O=C(O)c1ccc(C(=O)O)c(C2=C3C=CC(=[N+]4CCCOCC4)C=C3[Si]3(CCCCC3)c3cc(N4CCCOCC4)ccc32)c1. The van der Waals surface area contributed by atoms with E-state index in [9.17, 15) is 19.8 Å². The van der Waals surface area contributed by atoms with Gasteiger partial charge in [-0.3, -0.25) is 0 Å². The standard InChI is InChI=1S/C36H40N2O6Si/c39-35(40)25-6-9-28(36(41)42)31(22-25)34-29-10-7-26(37-12-4-16-43-18-14-37)23-32(29)45(20-2-1-3-21-45)33-24-27(8-11-30(33)34)38-13-5-17-44-19-15-38/h6-11,22-24H,1-5,12-21H2,(H-,39,40,41,42)/p+1. The summed E-state index contributed by atoms with van der Waals surface area (Å²) in [4.78, 5) is 27.3. The second-order valence-electron chi connectivity index (χ2n) is 12.8. The maximum Gasteiger partial charge on any atom is 0.336 e. The van der Waals surface area contributed by atoms with E-state index in [1.54, 1.807) is 6.07 Å². The summed E-state index contributed by atoms with van der Waals surface area (Å²) in [5.41, 5.74) is 6.02. The number of hydrogen-bond acceptors (Lipinski definition) is 5. The second-order valence-corrected chi connectivity index (χ2v) is 17.0. The molecule has 2 N–H and O–H groups in total. The molecule has 0 bridgehead atoms. The summed E-state index contributed by atoms with van der Waals surface area (Å²) < 4.78 is 14.0. The maximum absolute atomic E-state index is 12.7. The van der Waals surface area contributed by atoms with Gasteiger partial charge in [-0.25, -0.2) is 14.2 Å². The number of carboxylic acids is 2. The number of aromatic carboxylic acids is 2. The Kier molecular flexibility index (Phi) is 8.33. The quantitative estimate of drug-likeness (QED) is 0.370. The number of rotatable bonds is 4. The van der Waals surface area contributed by atoms with Gasteiger partial charge in [0.1, 0.15) is 21.2 Å². The van der Waals surface area contributed by atoms with E-state index in [1.165, 1.54) is 53.2 Å². The largest absolute Gasteiger partial charge is 0.478 e. The van der Waals surface area contributed by atoms with Gasteiger partial charge in [-0.05, 0) is 87.6 Å². The number of carboxylic acid groups (broad SMARTS) is 2. The van der Waals surface area contributed by atoms with Crippen molar-refractivity contribution in [2.24, 2.45) is 0 Å². The Morgan fingerprint density at radius 1 is 0.778 bits per heavy atom. The van der Waals surface area contributed by atoms with Gasteiger partial charge in [-0.1, -0.05) is 25.3 Å². The van der Waals surface area contributed by atoms with Gasteiger partial charge in [-0.15, -0.1) is 0 Å². The number of anilines is 1. The van der Waals surface area contributed by atoms with Crippen LogP contribution in [0.15, 0.2) is 65.4 Å². The Balaban J connectivity index is 1.52. The number of ether oxygens (including phenoxy) is 2. The number of benzene rings is 2. The van der Waals surface area contributed by atoms with Crippen molar-refractivity contribution in [1.82, 2.24) is 0 Å². The van der Waals surface area contributed by atoms with Crippen LogP contribution in [0.25, 0.3) is 5.57 Å². The van der Waals surface area contributed by atoms with Crippen LogP contribution in [0.5, 0.6) is 0 Å². The Hall–Kier alpha value is -3.79. The molecule has 1 spiro atoms. The molecule has 2 aromatic rings. The Bertz CT molecular complexity index is 1650. The average molecular weight is 626 g/mol. The molecule has 0 amide bonds. The van der Waals surface area contributed by atoms with E-state index in [0.29, 0.717) is 18.8 Å². The third-order valence-corrected chi connectivity index (χ3v) is 15.5. The second kappa shape index (κ2) is 12.5. The van der Waals surface area contributed by atoms with E-state index in [0.717, 1.165) is 81.0 Å². The minimum Gasteiger partial charge on any atom is -0.478 e. The van der Waals surface area contributed by atoms with Crippen LogP contribution in [0.4, 0.5) is 5.69 Å². The van der Waals surface area contributed by atoms with Gasteiger partial charge < -0.3 is 24.6 Å². The number of hydrogen-bond donors (Lipinski definition) is 2. The lowest BCUT2D eigenvalue weighted by atomic mass is 9.86. The lowest BCUT2D eigenvalue weighted by molar-refractivity contribution is -0.523. The summed E-state index contributed by atoms with van der Waals surface area (Å²) in [6.07, 6.45) is 12.3. The van der Waals surface area contributed by atoms with E-state index in [4.69, 9.17) is 9.47 Å². The van der Waals surface area contributed by atoms with Gasteiger partial charge in [0.15, 0.2) is 12.3 Å². The molecular formula is C36H41N2O6Si+. The molecule has 4 heterocycles. The Morgan fingerprint density at radius 2 is 1.60 bits per heavy atom. The first-order chi connectivity index (χ1) is 22.0. The van der Waals surface area contributed by atoms with Crippen molar-refractivity contribution in [2.45, 2.75) is 44.2 Å². The zero-order valence-corrected chi connectivity index (χ0v) is 26.7. The van der Waals surface area contributed by atoms with Crippen LogP contribution in [-0.2, 0) is 9.47 Å². The van der Waals surface area contributed by atoms with Crippen molar-refractivity contribution < 1.29 is 33.9 Å². The minimum absolute atomic E-state index is 0.0863. The van der Waals surface area contributed by atoms with Crippen molar-refractivity contribution in [3.05, 3.63) is 87.6 Å². The fraction of sp³-hybridized carbons (Fsp3) is 0.417. The lowest BCUT2D eigenvalue weighted by Gasteiger charge is -2.45. The topological polar surface area (TPSA) is 99.3 Å². The summed E-state index contributed by atoms with van der Waals surface area (Å²) in [5.74, 6) is -2.13. The van der Waals surface area contributed by atoms with E-state index in [-0.39, 0.29) is 11.1 Å². The highest BCUT2D eigenvalue weighted by atomic mass is 28.3. The first kappa shape index (κ1) is 29.9. The highest BCUT2D eigenvalue weighted by Gasteiger charge is 2.48. The predicted molar refractivity (Wildman–Crippen MR) is 177 cm³/mol. The highest BCUT2D eigenvalue weighted by Crippen LogP contribution is 2.48. The van der Waals surface area contributed by atoms with Crippen LogP contribution < -0.4 is 10.1 Å². The first-order valence-corrected chi connectivity index (χ1v) is 18.8. The first-order valence-electron chi connectivity index (χ1n) is 16.4. The molecule has 3 fully saturated rings. The van der Waals surface area contributed by atoms with E-state index >= 15 is 0 Å². The normalized spacial score (nSPS) is 23.1. The summed E-state index contributed by atoms with van der Waals surface area (Å²) in [5, 5.41) is 23.0. The van der Waals surface area contributed by atoms with Crippen molar-refractivity contribution in [2.75, 3.05) is 57.5 Å². The molecule has 0 unspecified atom stereocenters.